The van der Waals surface area contributed by atoms with Gasteiger partial charge in [0.1, 0.15) is 5.75 Å². The Morgan fingerprint density at radius 2 is 1.61 bits per heavy atom. The summed E-state index contributed by atoms with van der Waals surface area (Å²) in [7, 11) is 0. The van der Waals surface area contributed by atoms with Crippen molar-refractivity contribution in [2.45, 2.75) is 39.7 Å². The van der Waals surface area contributed by atoms with E-state index in [1.165, 1.54) is 0 Å². The van der Waals surface area contributed by atoms with E-state index >= 15 is 0 Å². The van der Waals surface area contributed by atoms with Crippen LogP contribution in [0.25, 0.3) is 0 Å². The summed E-state index contributed by atoms with van der Waals surface area (Å²) in [5.41, 5.74) is 7.21. The molecule has 0 saturated heterocycles. The van der Waals surface area contributed by atoms with Gasteiger partial charge in [0.2, 0.25) is 11.8 Å². The number of anilines is 1. The second kappa shape index (κ2) is 10.1. The van der Waals surface area contributed by atoms with Gasteiger partial charge in [-0.05, 0) is 50.1 Å². The first-order valence-electron chi connectivity index (χ1n) is 9.02. The number of ether oxygens (including phenoxy) is 1. The number of hydrogen-bond acceptors (Lipinski definition) is 4. The van der Waals surface area contributed by atoms with E-state index in [1.807, 2.05) is 38.1 Å². The minimum Gasteiger partial charge on any atom is -0.481 e. The molecular weight excluding hydrogens is 358 g/mol. The number of carbonyl (C=O) groups is 3. The molecule has 0 aliphatic rings. The molecule has 0 heterocycles. The zero-order valence-corrected chi connectivity index (χ0v) is 16.2. The summed E-state index contributed by atoms with van der Waals surface area (Å²) in [5, 5.41) is 2.69. The lowest BCUT2D eigenvalue weighted by atomic mass is 10.1. The molecule has 1 atom stereocenters. The summed E-state index contributed by atoms with van der Waals surface area (Å²) in [6.45, 7) is 5.42. The van der Waals surface area contributed by atoms with Crippen molar-refractivity contribution in [3.8, 4) is 5.75 Å². The van der Waals surface area contributed by atoms with Gasteiger partial charge >= 0.3 is 0 Å². The smallest absolute Gasteiger partial charge is 0.279 e. The fourth-order valence-electron chi connectivity index (χ4n) is 2.35. The van der Waals surface area contributed by atoms with Gasteiger partial charge in [0.15, 0.2) is 6.10 Å². The Kier molecular flexibility index (Phi) is 7.56. The summed E-state index contributed by atoms with van der Waals surface area (Å²) >= 11 is 0. The van der Waals surface area contributed by atoms with Crippen LogP contribution in [0.1, 0.15) is 30.9 Å². The third-order valence-corrected chi connectivity index (χ3v) is 3.98. The van der Waals surface area contributed by atoms with Crippen molar-refractivity contribution in [1.29, 1.82) is 0 Å². The Morgan fingerprint density at radius 3 is 2.32 bits per heavy atom. The molecule has 0 fully saturated rings. The average molecular weight is 383 g/mol. The fourth-order valence-corrected chi connectivity index (χ4v) is 2.35. The first-order valence-corrected chi connectivity index (χ1v) is 9.02. The Labute approximate surface area is 164 Å². The molecule has 148 valence electrons. The van der Waals surface area contributed by atoms with Crippen LogP contribution in [0.3, 0.4) is 0 Å². The van der Waals surface area contributed by atoms with Gasteiger partial charge in [0.05, 0.1) is 0 Å². The average Bonchev–Trinajstić information content (AvgIpc) is 2.68. The van der Waals surface area contributed by atoms with Crippen LogP contribution in [0.2, 0.25) is 0 Å². The number of aryl methyl sites for hydroxylation is 2. The van der Waals surface area contributed by atoms with Crippen LogP contribution in [-0.4, -0.2) is 23.8 Å². The largest absolute Gasteiger partial charge is 0.481 e. The predicted molar refractivity (Wildman–Crippen MR) is 107 cm³/mol. The van der Waals surface area contributed by atoms with Crippen LogP contribution in [0, 0.1) is 13.8 Å². The predicted octanol–water partition coefficient (Wildman–Crippen LogP) is 2.64. The summed E-state index contributed by atoms with van der Waals surface area (Å²) in [6, 6.07) is 14.7. The summed E-state index contributed by atoms with van der Waals surface area (Å²) in [6.07, 6.45) is -0.835. The summed E-state index contributed by atoms with van der Waals surface area (Å²) in [5.74, 6) is -0.607. The number of carbonyl (C=O) groups excluding carboxylic acids is 3. The Hall–Kier alpha value is -3.35. The van der Waals surface area contributed by atoms with Gasteiger partial charge < -0.3 is 10.1 Å². The molecule has 0 saturated carbocycles. The van der Waals surface area contributed by atoms with Gasteiger partial charge in [0.25, 0.3) is 5.91 Å². The molecule has 7 nitrogen and oxygen atoms in total. The van der Waals surface area contributed by atoms with Crippen molar-refractivity contribution in [2.24, 2.45) is 0 Å². The molecule has 0 spiro atoms. The zero-order valence-electron chi connectivity index (χ0n) is 16.2. The molecule has 0 radical (unpaired) electrons. The number of rotatable bonds is 7. The van der Waals surface area contributed by atoms with E-state index in [-0.39, 0.29) is 18.7 Å². The molecule has 3 amide bonds. The molecule has 0 aromatic heterocycles. The molecule has 3 N–H and O–H groups in total. The maximum atomic E-state index is 12.1. The molecule has 28 heavy (non-hydrogen) atoms. The van der Waals surface area contributed by atoms with Crippen LogP contribution < -0.4 is 20.9 Å². The van der Waals surface area contributed by atoms with Crippen LogP contribution in [0.5, 0.6) is 5.75 Å². The van der Waals surface area contributed by atoms with Gasteiger partial charge in [-0.2, -0.15) is 0 Å². The van der Waals surface area contributed by atoms with Crippen LogP contribution in [0.15, 0.2) is 48.5 Å². The maximum Gasteiger partial charge on any atom is 0.279 e. The summed E-state index contributed by atoms with van der Waals surface area (Å²) < 4.78 is 5.66. The first-order chi connectivity index (χ1) is 13.3. The quantitative estimate of drug-likeness (QED) is 0.641. The topological polar surface area (TPSA) is 96.5 Å². The third kappa shape index (κ3) is 6.75. The van der Waals surface area contributed by atoms with Crippen molar-refractivity contribution in [2.75, 3.05) is 5.32 Å². The van der Waals surface area contributed by atoms with E-state index in [4.69, 9.17) is 4.74 Å². The van der Waals surface area contributed by atoms with Crippen molar-refractivity contribution in [3.63, 3.8) is 0 Å². The van der Waals surface area contributed by atoms with Crippen LogP contribution in [-0.2, 0) is 14.4 Å². The van der Waals surface area contributed by atoms with Gasteiger partial charge in [-0.25, -0.2) is 0 Å². The van der Waals surface area contributed by atoms with E-state index in [9.17, 15) is 14.4 Å². The lowest BCUT2D eigenvalue weighted by molar-refractivity contribution is -0.133. The Bertz CT molecular complexity index is 837. The monoisotopic (exact) mass is 383 g/mol. The van der Waals surface area contributed by atoms with E-state index in [0.717, 1.165) is 11.1 Å². The molecule has 2 rings (SSSR count). The molecule has 2 aromatic carbocycles. The molecule has 0 aliphatic heterocycles. The van der Waals surface area contributed by atoms with Crippen LogP contribution in [0.4, 0.5) is 5.69 Å². The van der Waals surface area contributed by atoms with Crippen LogP contribution >= 0.6 is 0 Å². The highest BCUT2D eigenvalue weighted by Crippen LogP contribution is 2.20. The molecule has 0 bridgehead atoms. The number of hydrazine groups is 1. The summed E-state index contributed by atoms with van der Waals surface area (Å²) in [4.78, 5) is 35.8. The second-order valence-corrected chi connectivity index (χ2v) is 6.48. The van der Waals surface area contributed by atoms with E-state index in [2.05, 4.69) is 16.2 Å². The highest BCUT2D eigenvalue weighted by atomic mass is 16.5. The second-order valence-electron chi connectivity index (χ2n) is 6.48. The number of amides is 3. The van der Waals surface area contributed by atoms with E-state index in [0.29, 0.717) is 11.4 Å². The molecule has 1 unspecified atom stereocenters. The highest BCUT2D eigenvalue weighted by molar-refractivity contribution is 5.93. The van der Waals surface area contributed by atoms with Crippen molar-refractivity contribution in [3.05, 3.63) is 59.7 Å². The molecule has 7 heteroatoms. The third-order valence-electron chi connectivity index (χ3n) is 3.98. The lowest BCUT2D eigenvalue weighted by Gasteiger charge is -2.17. The minimum absolute atomic E-state index is 0.00510. The van der Waals surface area contributed by atoms with Gasteiger partial charge in [-0.15, -0.1) is 0 Å². The normalized spacial score (nSPS) is 11.2. The highest BCUT2D eigenvalue weighted by Gasteiger charge is 2.16. The number of hydrogen-bond donors (Lipinski definition) is 3. The minimum atomic E-state index is -0.790. The first kappa shape index (κ1) is 21.0. The van der Waals surface area contributed by atoms with Crippen molar-refractivity contribution >= 4 is 23.4 Å². The number of nitrogens with one attached hydrogen (secondary N) is 3. The zero-order chi connectivity index (χ0) is 20.5. The molecule has 0 aliphatic carbocycles. The van der Waals surface area contributed by atoms with Gasteiger partial charge in [-0.3, -0.25) is 25.2 Å². The SMILES string of the molecule is Cc1ccc(C)c(OC(C)C(=O)NNC(=O)CCC(=O)Nc2ccccc2)c1. The van der Waals surface area contributed by atoms with E-state index in [1.54, 1.807) is 31.2 Å². The number of benzene rings is 2. The van der Waals surface area contributed by atoms with Gasteiger partial charge in [0, 0.05) is 18.5 Å². The standard InChI is InChI=1S/C21H25N3O4/c1-14-9-10-15(2)18(13-14)28-16(3)21(27)24-23-20(26)12-11-19(25)22-17-7-5-4-6-8-17/h4-10,13,16H,11-12H2,1-3H3,(H,22,25)(H,23,26)(H,24,27). The van der Waals surface area contributed by atoms with Crippen molar-refractivity contribution in [1.82, 2.24) is 10.9 Å². The van der Waals surface area contributed by atoms with E-state index < -0.39 is 17.9 Å². The molecular formula is C21H25N3O4. The molecule has 2 aromatic rings. The maximum absolute atomic E-state index is 12.1. The van der Waals surface area contributed by atoms with Crippen molar-refractivity contribution < 1.29 is 19.1 Å². The number of para-hydroxylation sites is 1. The Balaban J connectivity index is 1.71. The fraction of sp³-hybridized carbons (Fsp3) is 0.286. The lowest BCUT2D eigenvalue weighted by Crippen LogP contribution is -2.47. The van der Waals surface area contributed by atoms with Gasteiger partial charge in [-0.1, -0.05) is 30.3 Å². The Morgan fingerprint density at radius 1 is 0.929 bits per heavy atom.